The summed E-state index contributed by atoms with van der Waals surface area (Å²) in [6, 6.07) is 7.66. The summed E-state index contributed by atoms with van der Waals surface area (Å²) in [6.07, 6.45) is 0. The zero-order valence-corrected chi connectivity index (χ0v) is 12.7. The van der Waals surface area contributed by atoms with Crippen LogP contribution in [-0.2, 0) is 4.74 Å². The molecule has 6 heteroatoms. The van der Waals surface area contributed by atoms with Gasteiger partial charge in [-0.25, -0.2) is 9.78 Å². The largest absolute Gasteiger partial charge is 0.497 e. The third-order valence-electron chi connectivity index (χ3n) is 2.89. The van der Waals surface area contributed by atoms with Crippen LogP contribution in [0.2, 0.25) is 0 Å². The molecule has 0 amide bonds. The Morgan fingerprint density at radius 2 is 2.10 bits per heavy atom. The first-order valence-electron chi connectivity index (χ1n) is 6.00. The van der Waals surface area contributed by atoms with Crippen LogP contribution in [0.4, 0.5) is 10.8 Å². The van der Waals surface area contributed by atoms with E-state index >= 15 is 0 Å². The number of benzene rings is 1. The van der Waals surface area contributed by atoms with Gasteiger partial charge in [-0.2, -0.15) is 0 Å². The van der Waals surface area contributed by atoms with E-state index in [0.717, 1.165) is 21.4 Å². The summed E-state index contributed by atoms with van der Waals surface area (Å²) in [7, 11) is 4.88. The fourth-order valence-electron chi connectivity index (χ4n) is 1.74. The van der Waals surface area contributed by atoms with Crippen LogP contribution in [0.5, 0.6) is 5.75 Å². The zero-order valence-electron chi connectivity index (χ0n) is 11.8. The molecule has 1 aromatic heterocycles. The first-order chi connectivity index (χ1) is 9.56. The van der Waals surface area contributed by atoms with Crippen LogP contribution in [0.3, 0.4) is 0 Å². The van der Waals surface area contributed by atoms with Crippen LogP contribution in [-0.4, -0.2) is 32.2 Å². The van der Waals surface area contributed by atoms with E-state index in [1.165, 1.54) is 18.4 Å². The van der Waals surface area contributed by atoms with Crippen molar-refractivity contribution < 1.29 is 14.3 Å². The molecule has 2 aromatic rings. The van der Waals surface area contributed by atoms with Crippen molar-refractivity contribution in [2.45, 2.75) is 6.92 Å². The lowest BCUT2D eigenvalue weighted by molar-refractivity contribution is 0.0594. The number of carbonyl (C=O) groups excluding carboxylic acids is 1. The normalized spacial score (nSPS) is 10.2. The van der Waals surface area contributed by atoms with Gasteiger partial charge in [0.1, 0.15) is 5.75 Å². The molecule has 0 N–H and O–H groups in total. The monoisotopic (exact) mass is 292 g/mol. The van der Waals surface area contributed by atoms with Crippen LogP contribution in [0.15, 0.2) is 24.3 Å². The fourth-order valence-corrected chi connectivity index (χ4v) is 2.62. The summed E-state index contributed by atoms with van der Waals surface area (Å²) >= 11 is 1.45. The Kier molecular flexibility index (Phi) is 4.24. The number of nitrogens with zero attached hydrogens (tertiary/aromatic N) is 2. The molecule has 0 aliphatic carbocycles. The number of methoxy groups -OCH3 is 2. The second-order valence-corrected chi connectivity index (χ2v) is 5.33. The van der Waals surface area contributed by atoms with E-state index in [0.29, 0.717) is 5.69 Å². The average molecular weight is 292 g/mol. The third-order valence-corrected chi connectivity index (χ3v) is 3.94. The molecule has 0 aliphatic rings. The molecule has 0 radical (unpaired) electrons. The van der Waals surface area contributed by atoms with E-state index < -0.39 is 5.97 Å². The van der Waals surface area contributed by atoms with Gasteiger partial charge in [-0.15, -0.1) is 11.3 Å². The van der Waals surface area contributed by atoms with E-state index in [4.69, 9.17) is 9.47 Å². The molecule has 106 valence electrons. The summed E-state index contributed by atoms with van der Waals surface area (Å²) in [5.74, 6) is 0.361. The Labute approximate surface area is 121 Å². The molecule has 0 saturated carbocycles. The number of hydrogen-bond acceptors (Lipinski definition) is 6. The van der Waals surface area contributed by atoms with Gasteiger partial charge in [0.25, 0.3) is 0 Å². The summed E-state index contributed by atoms with van der Waals surface area (Å²) in [5, 5.41) is 0.733. The predicted molar refractivity (Wildman–Crippen MR) is 79.2 cm³/mol. The topological polar surface area (TPSA) is 51.7 Å². The highest BCUT2D eigenvalue weighted by atomic mass is 32.1. The molecule has 0 unspecified atom stereocenters. The van der Waals surface area contributed by atoms with E-state index in [1.807, 2.05) is 43.1 Å². The van der Waals surface area contributed by atoms with Crippen molar-refractivity contribution in [1.29, 1.82) is 0 Å². The molecule has 20 heavy (non-hydrogen) atoms. The van der Waals surface area contributed by atoms with Gasteiger partial charge in [0.15, 0.2) is 10.8 Å². The quantitative estimate of drug-likeness (QED) is 0.811. The summed E-state index contributed by atoms with van der Waals surface area (Å²) in [4.78, 5) is 18.7. The minimum absolute atomic E-state index is 0.363. The molecular formula is C14H16N2O3S. The summed E-state index contributed by atoms with van der Waals surface area (Å²) in [5.41, 5.74) is 1.30. The number of aryl methyl sites for hydroxylation is 1. The SMILES string of the molecule is COC(=O)c1nc(N(C)c2cccc(OC)c2)sc1C. The highest BCUT2D eigenvalue weighted by molar-refractivity contribution is 7.15. The zero-order chi connectivity index (χ0) is 14.7. The maximum absolute atomic E-state index is 11.6. The fraction of sp³-hybridized carbons (Fsp3) is 0.286. The number of thiazole rings is 1. The van der Waals surface area contributed by atoms with Gasteiger partial charge in [-0.3, -0.25) is 0 Å². The van der Waals surface area contributed by atoms with E-state index in [9.17, 15) is 4.79 Å². The summed E-state index contributed by atoms with van der Waals surface area (Å²) < 4.78 is 9.93. The first kappa shape index (κ1) is 14.3. The molecule has 0 atom stereocenters. The molecule has 0 saturated heterocycles. The van der Waals surface area contributed by atoms with Crippen LogP contribution >= 0.6 is 11.3 Å². The van der Waals surface area contributed by atoms with E-state index in [1.54, 1.807) is 7.11 Å². The highest BCUT2D eigenvalue weighted by Crippen LogP contribution is 2.31. The molecule has 0 bridgehead atoms. The number of rotatable bonds is 4. The lowest BCUT2D eigenvalue weighted by Crippen LogP contribution is -2.10. The third kappa shape index (κ3) is 2.75. The first-order valence-corrected chi connectivity index (χ1v) is 6.82. The van der Waals surface area contributed by atoms with Crippen molar-refractivity contribution in [2.24, 2.45) is 0 Å². The minimum atomic E-state index is -0.413. The van der Waals surface area contributed by atoms with Gasteiger partial charge >= 0.3 is 5.97 Å². The Bertz CT molecular complexity index is 625. The average Bonchev–Trinajstić information content (AvgIpc) is 2.87. The number of anilines is 2. The highest BCUT2D eigenvalue weighted by Gasteiger charge is 2.18. The Hall–Kier alpha value is -2.08. The maximum atomic E-state index is 11.6. The van der Waals surface area contributed by atoms with Gasteiger partial charge < -0.3 is 14.4 Å². The molecule has 0 spiro atoms. The molecule has 5 nitrogen and oxygen atoms in total. The number of hydrogen-bond donors (Lipinski definition) is 0. The van der Waals surface area contributed by atoms with Gasteiger partial charge in [0.2, 0.25) is 0 Å². The maximum Gasteiger partial charge on any atom is 0.357 e. The lowest BCUT2D eigenvalue weighted by atomic mass is 10.3. The van der Waals surface area contributed by atoms with Crippen LogP contribution in [0.1, 0.15) is 15.4 Å². The number of esters is 1. The van der Waals surface area contributed by atoms with Crippen molar-refractivity contribution in [3.05, 3.63) is 34.8 Å². The number of carbonyl (C=O) groups is 1. The van der Waals surface area contributed by atoms with Crippen LogP contribution < -0.4 is 9.64 Å². The predicted octanol–water partition coefficient (Wildman–Crippen LogP) is 3.01. The van der Waals surface area contributed by atoms with Crippen molar-refractivity contribution >= 4 is 28.1 Å². The van der Waals surface area contributed by atoms with Crippen molar-refractivity contribution in [2.75, 3.05) is 26.2 Å². The number of aromatic nitrogens is 1. The van der Waals surface area contributed by atoms with Crippen LogP contribution in [0.25, 0.3) is 0 Å². The van der Waals surface area contributed by atoms with E-state index in [2.05, 4.69) is 4.98 Å². The van der Waals surface area contributed by atoms with E-state index in [-0.39, 0.29) is 0 Å². The molecule has 0 fully saturated rings. The Morgan fingerprint density at radius 3 is 2.75 bits per heavy atom. The number of ether oxygens (including phenoxy) is 2. The summed E-state index contributed by atoms with van der Waals surface area (Å²) in [6.45, 7) is 1.85. The minimum Gasteiger partial charge on any atom is -0.497 e. The van der Waals surface area contributed by atoms with Gasteiger partial charge in [-0.05, 0) is 19.1 Å². The molecular weight excluding hydrogens is 276 g/mol. The molecule has 2 rings (SSSR count). The smallest absolute Gasteiger partial charge is 0.357 e. The van der Waals surface area contributed by atoms with Gasteiger partial charge in [0, 0.05) is 23.7 Å². The molecule has 1 heterocycles. The second-order valence-electron chi connectivity index (χ2n) is 4.15. The second kappa shape index (κ2) is 5.92. The lowest BCUT2D eigenvalue weighted by Gasteiger charge is -2.16. The van der Waals surface area contributed by atoms with Crippen molar-refractivity contribution in [3.8, 4) is 5.75 Å². The Balaban J connectivity index is 2.33. The standard InChI is InChI=1S/C14H16N2O3S/c1-9-12(13(17)19-4)15-14(20-9)16(2)10-6-5-7-11(8-10)18-3/h5-8H,1-4H3. The Morgan fingerprint density at radius 1 is 1.35 bits per heavy atom. The van der Waals surface area contributed by atoms with Gasteiger partial charge in [-0.1, -0.05) is 6.07 Å². The van der Waals surface area contributed by atoms with Gasteiger partial charge in [0.05, 0.1) is 14.2 Å². The molecule has 1 aromatic carbocycles. The van der Waals surface area contributed by atoms with Crippen LogP contribution in [0, 0.1) is 6.92 Å². The van der Waals surface area contributed by atoms with Crippen molar-refractivity contribution in [1.82, 2.24) is 4.98 Å². The van der Waals surface area contributed by atoms with Crippen molar-refractivity contribution in [3.63, 3.8) is 0 Å². The molecule has 0 aliphatic heterocycles.